The molecular formula is C17H18N4O3S. The first-order valence-electron chi connectivity index (χ1n) is 7.83. The molecule has 0 saturated heterocycles. The molecule has 130 valence electrons. The summed E-state index contributed by atoms with van der Waals surface area (Å²) >= 11 is 1.32. The van der Waals surface area contributed by atoms with Gasteiger partial charge in [0, 0.05) is 19.4 Å². The number of anilines is 1. The number of carbonyl (C=O) groups is 2. The molecule has 0 N–H and O–H groups in total. The van der Waals surface area contributed by atoms with Crippen LogP contribution >= 0.6 is 11.8 Å². The Balaban J connectivity index is 2.05. The van der Waals surface area contributed by atoms with Crippen LogP contribution in [0, 0.1) is 6.92 Å². The molecule has 0 bridgehead atoms. The first-order chi connectivity index (χ1) is 11.9. The summed E-state index contributed by atoms with van der Waals surface area (Å²) < 4.78 is 6.95. The molecule has 0 atom stereocenters. The summed E-state index contributed by atoms with van der Waals surface area (Å²) in [5.74, 6) is 1.26. The van der Waals surface area contributed by atoms with Crippen molar-refractivity contribution in [3.05, 3.63) is 35.7 Å². The fourth-order valence-corrected chi connectivity index (χ4v) is 3.68. The molecule has 1 aromatic heterocycles. The van der Waals surface area contributed by atoms with E-state index in [1.165, 1.54) is 35.2 Å². The SMILES string of the molecule is CCOc1ccc(C2=NN(C(C)=O)c3nc(C)n(C(C)=O)c3S2)cc1. The minimum atomic E-state index is -0.266. The number of imidazole rings is 1. The van der Waals surface area contributed by atoms with Crippen LogP contribution in [-0.2, 0) is 4.79 Å². The number of hydrogen-bond donors (Lipinski definition) is 0. The van der Waals surface area contributed by atoms with Gasteiger partial charge in [0.15, 0.2) is 5.82 Å². The van der Waals surface area contributed by atoms with Gasteiger partial charge in [-0.15, -0.1) is 0 Å². The summed E-state index contributed by atoms with van der Waals surface area (Å²) in [7, 11) is 0. The molecule has 25 heavy (non-hydrogen) atoms. The Morgan fingerprint density at radius 1 is 1.16 bits per heavy atom. The second-order valence-electron chi connectivity index (χ2n) is 5.44. The maximum atomic E-state index is 12.0. The number of carbonyl (C=O) groups excluding carboxylic acids is 2. The lowest BCUT2D eigenvalue weighted by atomic mass is 10.2. The first-order valence-corrected chi connectivity index (χ1v) is 8.64. The normalized spacial score (nSPS) is 13.3. The second-order valence-corrected chi connectivity index (χ2v) is 6.42. The molecule has 0 unspecified atom stereocenters. The van der Waals surface area contributed by atoms with E-state index in [1.807, 2.05) is 31.2 Å². The number of aryl methyl sites for hydroxylation is 1. The number of nitrogens with zero attached hydrogens (tertiary/aromatic N) is 4. The van der Waals surface area contributed by atoms with Crippen molar-refractivity contribution in [1.29, 1.82) is 0 Å². The number of aromatic nitrogens is 2. The van der Waals surface area contributed by atoms with Crippen LogP contribution in [0.1, 0.15) is 37.0 Å². The van der Waals surface area contributed by atoms with Gasteiger partial charge in [0.2, 0.25) is 11.8 Å². The Kier molecular flexibility index (Phi) is 4.63. The molecule has 1 aromatic carbocycles. The van der Waals surface area contributed by atoms with Crippen LogP contribution in [0.5, 0.6) is 5.75 Å². The molecule has 1 aliphatic heterocycles. The number of benzene rings is 1. The quantitative estimate of drug-likeness (QED) is 0.843. The minimum absolute atomic E-state index is 0.157. The number of hydrogen-bond acceptors (Lipinski definition) is 6. The summed E-state index contributed by atoms with van der Waals surface area (Å²) in [6.45, 7) is 7.13. The van der Waals surface area contributed by atoms with Crippen molar-refractivity contribution < 1.29 is 14.3 Å². The summed E-state index contributed by atoms with van der Waals surface area (Å²) in [4.78, 5) is 28.3. The smallest absolute Gasteiger partial charge is 0.245 e. The van der Waals surface area contributed by atoms with Crippen LogP contribution < -0.4 is 9.75 Å². The maximum absolute atomic E-state index is 12.0. The van der Waals surface area contributed by atoms with Crippen LogP contribution in [0.15, 0.2) is 34.4 Å². The Morgan fingerprint density at radius 2 is 1.84 bits per heavy atom. The molecule has 0 spiro atoms. The third-order valence-electron chi connectivity index (χ3n) is 3.60. The van der Waals surface area contributed by atoms with Gasteiger partial charge >= 0.3 is 0 Å². The lowest BCUT2D eigenvalue weighted by molar-refractivity contribution is -0.116. The predicted molar refractivity (Wildman–Crippen MR) is 96.4 cm³/mol. The highest BCUT2D eigenvalue weighted by Crippen LogP contribution is 2.38. The van der Waals surface area contributed by atoms with Crippen LogP contribution in [0.2, 0.25) is 0 Å². The van der Waals surface area contributed by atoms with Crippen LogP contribution in [-0.4, -0.2) is 33.0 Å². The molecule has 2 aromatic rings. The van der Waals surface area contributed by atoms with Crippen molar-refractivity contribution in [3.63, 3.8) is 0 Å². The molecule has 2 heterocycles. The zero-order valence-electron chi connectivity index (χ0n) is 14.4. The van der Waals surface area contributed by atoms with E-state index >= 15 is 0 Å². The van der Waals surface area contributed by atoms with E-state index in [1.54, 1.807) is 6.92 Å². The summed E-state index contributed by atoms with van der Waals surface area (Å²) in [5, 5.41) is 6.87. The van der Waals surface area contributed by atoms with E-state index < -0.39 is 0 Å². The number of amides is 1. The number of ether oxygens (including phenoxy) is 1. The zero-order chi connectivity index (χ0) is 18.1. The van der Waals surface area contributed by atoms with Gasteiger partial charge in [-0.25, -0.2) is 4.98 Å². The van der Waals surface area contributed by atoms with Crippen LogP contribution in [0.4, 0.5) is 5.82 Å². The van der Waals surface area contributed by atoms with E-state index in [0.29, 0.717) is 28.3 Å². The van der Waals surface area contributed by atoms with Crippen molar-refractivity contribution in [3.8, 4) is 5.75 Å². The Hall–Kier alpha value is -2.61. The van der Waals surface area contributed by atoms with Gasteiger partial charge in [-0.05, 0) is 49.9 Å². The van der Waals surface area contributed by atoms with Crippen molar-refractivity contribution >= 4 is 34.4 Å². The highest BCUT2D eigenvalue weighted by atomic mass is 32.2. The van der Waals surface area contributed by atoms with Gasteiger partial charge in [0.1, 0.15) is 21.6 Å². The standard InChI is InChI=1S/C17H18N4O3S/c1-5-24-14-8-6-13(7-9-14)16-19-21(12(4)23)15-17(25-16)20(11(3)22)10(2)18-15/h6-9H,5H2,1-4H3. The first kappa shape index (κ1) is 17.2. The molecule has 0 saturated carbocycles. The number of thioether (sulfide) groups is 1. The van der Waals surface area contributed by atoms with Crippen molar-refractivity contribution in [2.24, 2.45) is 5.10 Å². The summed E-state index contributed by atoms with van der Waals surface area (Å²) in [6, 6.07) is 7.45. The number of fused-ring (bicyclic) bond motifs is 1. The van der Waals surface area contributed by atoms with E-state index in [4.69, 9.17) is 4.74 Å². The lowest BCUT2D eigenvalue weighted by Crippen LogP contribution is -2.28. The molecule has 7 nitrogen and oxygen atoms in total. The molecule has 0 fully saturated rings. The molecule has 0 radical (unpaired) electrons. The fraction of sp³-hybridized carbons (Fsp3) is 0.294. The maximum Gasteiger partial charge on any atom is 0.245 e. The van der Waals surface area contributed by atoms with E-state index in [9.17, 15) is 9.59 Å². The summed E-state index contributed by atoms with van der Waals surface area (Å²) in [5.41, 5.74) is 0.833. The third-order valence-corrected chi connectivity index (χ3v) is 4.67. The average Bonchev–Trinajstić information content (AvgIpc) is 2.90. The number of hydrazone groups is 1. The van der Waals surface area contributed by atoms with E-state index in [-0.39, 0.29) is 11.8 Å². The third kappa shape index (κ3) is 3.17. The second kappa shape index (κ2) is 6.72. The van der Waals surface area contributed by atoms with Gasteiger partial charge in [0.25, 0.3) is 0 Å². The Bertz CT molecular complexity index is 871. The minimum Gasteiger partial charge on any atom is -0.494 e. The van der Waals surface area contributed by atoms with Gasteiger partial charge < -0.3 is 4.74 Å². The molecule has 1 aliphatic rings. The van der Waals surface area contributed by atoms with Gasteiger partial charge in [-0.2, -0.15) is 10.1 Å². The molecule has 1 amide bonds. The van der Waals surface area contributed by atoms with Crippen LogP contribution in [0.25, 0.3) is 0 Å². The lowest BCUT2D eigenvalue weighted by Gasteiger charge is -2.21. The topological polar surface area (TPSA) is 76.8 Å². The fourth-order valence-electron chi connectivity index (χ4n) is 2.54. The Morgan fingerprint density at radius 3 is 2.40 bits per heavy atom. The number of rotatable bonds is 3. The summed E-state index contributed by atoms with van der Waals surface area (Å²) in [6.07, 6.45) is 0. The predicted octanol–water partition coefficient (Wildman–Crippen LogP) is 3.07. The van der Waals surface area contributed by atoms with Crippen molar-refractivity contribution in [2.75, 3.05) is 11.6 Å². The molecule has 8 heteroatoms. The molecular weight excluding hydrogens is 340 g/mol. The van der Waals surface area contributed by atoms with Crippen molar-refractivity contribution in [1.82, 2.24) is 9.55 Å². The highest BCUT2D eigenvalue weighted by molar-refractivity contribution is 8.14. The van der Waals surface area contributed by atoms with E-state index in [2.05, 4.69) is 10.1 Å². The van der Waals surface area contributed by atoms with Gasteiger partial charge in [-0.1, -0.05) is 0 Å². The van der Waals surface area contributed by atoms with Crippen molar-refractivity contribution in [2.45, 2.75) is 32.7 Å². The highest BCUT2D eigenvalue weighted by Gasteiger charge is 2.31. The van der Waals surface area contributed by atoms with Gasteiger partial charge in [-0.3, -0.25) is 14.2 Å². The van der Waals surface area contributed by atoms with Gasteiger partial charge in [0.05, 0.1) is 6.61 Å². The monoisotopic (exact) mass is 358 g/mol. The zero-order valence-corrected chi connectivity index (χ0v) is 15.3. The molecule has 0 aliphatic carbocycles. The van der Waals surface area contributed by atoms with E-state index in [0.717, 1.165) is 11.3 Å². The average molecular weight is 358 g/mol. The molecule has 3 rings (SSSR count). The Labute approximate surface area is 149 Å². The largest absolute Gasteiger partial charge is 0.494 e. The van der Waals surface area contributed by atoms with Crippen LogP contribution in [0.3, 0.4) is 0 Å².